The Bertz CT molecular complexity index is 435. The van der Waals surface area contributed by atoms with Gasteiger partial charge >= 0.3 is 0 Å². The molecular weight excluding hydrogens is 252 g/mol. The fourth-order valence-electron chi connectivity index (χ4n) is 3.25. The normalized spacial score (nSPS) is 23.1. The number of piperidine rings is 1. The first-order valence-electron chi connectivity index (χ1n) is 7.48. The van der Waals surface area contributed by atoms with Crippen LogP contribution < -0.4 is 10.6 Å². The van der Waals surface area contributed by atoms with Crippen molar-refractivity contribution in [2.75, 3.05) is 56.9 Å². The molecule has 0 unspecified atom stereocenters. The lowest BCUT2D eigenvalue weighted by Gasteiger charge is -2.42. The second kappa shape index (κ2) is 5.93. The van der Waals surface area contributed by atoms with E-state index in [1.807, 2.05) is 0 Å². The Kier molecular flexibility index (Phi) is 4.03. The SMILES string of the molecule is CN1CCN(C2CCN(c3cnncc3N)CC2)CC1. The van der Waals surface area contributed by atoms with E-state index in [2.05, 4.69) is 31.9 Å². The molecule has 3 heterocycles. The number of nitrogen functional groups attached to an aromatic ring is 1. The highest BCUT2D eigenvalue weighted by molar-refractivity contribution is 5.64. The molecule has 2 aliphatic rings. The van der Waals surface area contributed by atoms with Crippen LogP contribution in [0.15, 0.2) is 12.4 Å². The van der Waals surface area contributed by atoms with Gasteiger partial charge in [0.25, 0.3) is 0 Å². The molecule has 2 saturated heterocycles. The fraction of sp³-hybridized carbons (Fsp3) is 0.714. The minimum Gasteiger partial charge on any atom is -0.396 e. The Morgan fingerprint density at radius 2 is 1.65 bits per heavy atom. The lowest BCUT2D eigenvalue weighted by molar-refractivity contribution is 0.0982. The molecular formula is C14H24N6. The number of hydrogen-bond donors (Lipinski definition) is 1. The first-order valence-corrected chi connectivity index (χ1v) is 7.48. The fourth-order valence-corrected chi connectivity index (χ4v) is 3.25. The molecule has 0 aromatic carbocycles. The maximum Gasteiger partial charge on any atom is 0.0821 e. The maximum absolute atomic E-state index is 5.98. The van der Waals surface area contributed by atoms with Crippen LogP contribution in [-0.4, -0.2) is 72.4 Å². The molecule has 2 N–H and O–H groups in total. The highest BCUT2D eigenvalue weighted by Crippen LogP contribution is 2.26. The average Bonchev–Trinajstić information content (AvgIpc) is 2.49. The summed E-state index contributed by atoms with van der Waals surface area (Å²) in [5.41, 5.74) is 7.76. The van der Waals surface area contributed by atoms with Crippen LogP contribution in [0.25, 0.3) is 0 Å². The highest BCUT2D eigenvalue weighted by atomic mass is 15.3. The number of piperazine rings is 1. The molecule has 0 atom stereocenters. The number of nitrogens with two attached hydrogens (primary N) is 1. The van der Waals surface area contributed by atoms with E-state index < -0.39 is 0 Å². The van der Waals surface area contributed by atoms with E-state index in [1.54, 1.807) is 12.4 Å². The van der Waals surface area contributed by atoms with Crippen LogP contribution in [0, 0.1) is 0 Å². The molecule has 0 radical (unpaired) electrons. The molecule has 0 aliphatic carbocycles. The van der Waals surface area contributed by atoms with Crippen LogP contribution >= 0.6 is 0 Å². The number of hydrogen-bond acceptors (Lipinski definition) is 6. The number of nitrogens with zero attached hydrogens (tertiary/aromatic N) is 5. The monoisotopic (exact) mass is 276 g/mol. The van der Waals surface area contributed by atoms with Crippen LogP contribution in [-0.2, 0) is 0 Å². The standard InChI is InChI=1S/C14H24N6/c1-18-6-8-19(9-7-18)12-2-4-20(5-3-12)14-11-17-16-10-13(14)15/h10-12H,2-9H2,1H3,(H2,15,17). The topological polar surface area (TPSA) is 61.5 Å². The minimum absolute atomic E-state index is 0.732. The zero-order valence-electron chi connectivity index (χ0n) is 12.2. The van der Waals surface area contributed by atoms with Crippen molar-refractivity contribution in [3.05, 3.63) is 12.4 Å². The number of anilines is 2. The number of likely N-dealkylation sites (N-methyl/N-ethyl adjacent to an activating group) is 1. The van der Waals surface area contributed by atoms with E-state index in [-0.39, 0.29) is 0 Å². The van der Waals surface area contributed by atoms with Gasteiger partial charge in [0.1, 0.15) is 0 Å². The van der Waals surface area contributed by atoms with Crippen molar-refractivity contribution in [1.29, 1.82) is 0 Å². The van der Waals surface area contributed by atoms with Gasteiger partial charge in [-0.05, 0) is 19.9 Å². The Morgan fingerprint density at radius 1 is 1.00 bits per heavy atom. The van der Waals surface area contributed by atoms with E-state index >= 15 is 0 Å². The van der Waals surface area contributed by atoms with Crippen molar-refractivity contribution in [2.24, 2.45) is 0 Å². The molecule has 110 valence electrons. The molecule has 20 heavy (non-hydrogen) atoms. The summed E-state index contributed by atoms with van der Waals surface area (Å²) in [5.74, 6) is 0. The summed E-state index contributed by atoms with van der Waals surface area (Å²) in [6, 6.07) is 0.732. The van der Waals surface area contributed by atoms with Crippen molar-refractivity contribution < 1.29 is 0 Å². The Balaban J connectivity index is 1.56. The van der Waals surface area contributed by atoms with Gasteiger partial charge in [-0.3, -0.25) is 4.90 Å². The molecule has 2 fully saturated rings. The molecule has 3 rings (SSSR count). The summed E-state index contributed by atoms with van der Waals surface area (Å²) in [5, 5.41) is 7.77. The Labute approximate surface area is 120 Å². The predicted molar refractivity (Wildman–Crippen MR) is 80.7 cm³/mol. The minimum atomic E-state index is 0.732. The highest BCUT2D eigenvalue weighted by Gasteiger charge is 2.27. The third-order valence-corrected chi connectivity index (χ3v) is 4.60. The molecule has 6 heteroatoms. The second-order valence-electron chi connectivity index (χ2n) is 5.89. The summed E-state index contributed by atoms with van der Waals surface area (Å²) in [4.78, 5) is 7.41. The molecule has 1 aromatic heterocycles. The predicted octanol–water partition coefficient (Wildman–Crippen LogP) is 0.275. The third-order valence-electron chi connectivity index (χ3n) is 4.60. The maximum atomic E-state index is 5.98. The summed E-state index contributed by atoms with van der Waals surface area (Å²) in [6.45, 7) is 6.93. The lowest BCUT2D eigenvalue weighted by Crippen LogP contribution is -2.52. The van der Waals surface area contributed by atoms with E-state index in [0.29, 0.717) is 0 Å². The van der Waals surface area contributed by atoms with E-state index in [0.717, 1.165) is 30.5 Å². The van der Waals surface area contributed by atoms with E-state index in [1.165, 1.54) is 39.0 Å². The molecule has 0 spiro atoms. The molecule has 0 saturated carbocycles. The molecule has 2 aliphatic heterocycles. The van der Waals surface area contributed by atoms with Crippen LogP contribution in [0.4, 0.5) is 11.4 Å². The van der Waals surface area contributed by atoms with Crippen LogP contribution in [0.1, 0.15) is 12.8 Å². The van der Waals surface area contributed by atoms with Crippen LogP contribution in [0.2, 0.25) is 0 Å². The quantitative estimate of drug-likeness (QED) is 0.837. The second-order valence-corrected chi connectivity index (χ2v) is 5.89. The zero-order valence-corrected chi connectivity index (χ0v) is 12.2. The van der Waals surface area contributed by atoms with Crippen LogP contribution in [0.5, 0.6) is 0 Å². The van der Waals surface area contributed by atoms with E-state index in [9.17, 15) is 0 Å². The lowest BCUT2D eigenvalue weighted by atomic mass is 10.0. The first kappa shape index (κ1) is 13.6. The third kappa shape index (κ3) is 2.86. The van der Waals surface area contributed by atoms with Gasteiger partial charge in [0.05, 0.1) is 23.8 Å². The van der Waals surface area contributed by atoms with Crippen molar-refractivity contribution >= 4 is 11.4 Å². The van der Waals surface area contributed by atoms with Gasteiger partial charge in [-0.15, -0.1) is 0 Å². The van der Waals surface area contributed by atoms with Gasteiger partial charge in [0.15, 0.2) is 0 Å². The molecule has 0 amide bonds. The van der Waals surface area contributed by atoms with Crippen LogP contribution in [0.3, 0.4) is 0 Å². The van der Waals surface area contributed by atoms with E-state index in [4.69, 9.17) is 5.73 Å². The van der Waals surface area contributed by atoms with Gasteiger partial charge in [-0.2, -0.15) is 10.2 Å². The largest absolute Gasteiger partial charge is 0.396 e. The van der Waals surface area contributed by atoms with Gasteiger partial charge in [0.2, 0.25) is 0 Å². The Morgan fingerprint density at radius 3 is 2.30 bits per heavy atom. The first-order chi connectivity index (χ1) is 9.74. The summed E-state index contributed by atoms with van der Waals surface area (Å²) < 4.78 is 0. The van der Waals surface area contributed by atoms with Crippen molar-refractivity contribution in [1.82, 2.24) is 20.0 Å². The van der Waals surface area contributed by atoms with Crippen molar-refractivity contribution in [3.8, 4) is 0 Å². The molecule has 1 aromatic rings. The van der Waals surface area contributed by atoms with Gasteiger partial charge < -0.3 is 15.5 Å². The van der Waals surface area contributed by atoms with Gasteiger partial charge in [-0.1, -0.05) is 0 Å². The van der Waals surface area contributed by atoms with Crippen molar-refractivity contribution in [2.45, 2.75) is 18.9 Å². The molecule has 6 nitrogen and oxygen atoms in total. The Hall–Kier alpha value is -1.40. The number of rotatable bonds is 2. The summed E-state index contributed by atoms with van der Waals surface area (Å²) in [6.07, 6.45) is 5.85. The van der Waals surface area contributed by atoms with Gasteiger partial charge in [0, 0.05) is 45.3 Å². The molecule has 0 bridgehead atoms. The summed E-state index contributed by atoms with van der Waals surface area (Å²) in [7, 11) is 2.21. The van der Waals surface area contributed by atoms with Gasteiger partial charge in [-0.25, -0.2) is 0 Å². The zero-order chi connectivity index (χ0) is 13.9. The summed E-state index contributed by atoms with van der Waals surface area (Å²) >= 11 is 0. The average molecular weight is 276 g/mol. The number of aromatic nitrogens is 2. The smallest absolute Gasteiger partial charge is 0.0821 e. The van der Waals surface area contributed by atoms with Crippen molar-refractivity contribution in [3.63, 3.8) is 0 Å².